The molecular formula is C36H47N3O7. The molecule has 1 N–H and O–H groups in total. The first kappa shape index (κ1) is 35.1. The van der Waals surface area contributed by atoms with Crippen LogP contribution in [0.15, 0.2) is 84.9 Å². The van der Waals surface area contributed by atoms with E-state index in [1.54, 1.807) is 32.4 Å². The SMILES string of the molecule is COCCOCOc1ccc(C=CC(=O)NCCN2CCN(C(c3ccccc3)c3ccccc3)CC2)cc1OCOCCOC. The van der Waals surface area contributed by atoms with Crippen LogP contribution in [0.3, 0.4) is 0 Å². The standard InChI is InChI=1S/C36H47N3O7/c1-41-23-25-43-28-45-33-15-13-30(27-34(33)46-29-44-26-24-42-2)14-16-35(40)37-17-18-38-19-21-39(22-20-38)36(31-9-5-3-6-10-31)32-11-7-4-8-12-32/h3-16,27,36H,17-26,28-29H2,1-2H3,(H,37,40). The van der Waals surface area contributed by atoms with Gasteiger partial charge in [0.2, 0.25) is 5.91 Å². The normalized spacial score (nSPS) is 14.2. The van der Waals surface area contributed by atoms with Gasteiger partial charge >= 0.3 is 0 Å². The topological polar surface area (TPSA) is 91.0 Å². The van der Waals surface area contributed by atoms with E-state index in [1.165, 1.54) is 17.2 Å². The number of ether oxygens (including phenoxy) is 6. The largest absolute Gasteiger partial charge is 0.464 e. The summed E-state index contributed by atoms with van der Waals surface area (Å²) in [6.45, 7) is 7.06. The van der Waals surface area contributed by atoms with E-state index in [0.29, 0.717) is 44.5 Å². The molecule has 1 aliphatic heterocycles. The van der Waals surface area contributed by atoms with Gasteiger partial charge in [-0.2, -0.15) is 0 Å². The minimum atomic E-state index is -0.149. The Hall–Kier alpha value is -3.77. The molecule has 0 saturated carbocycles. The Kier molecular flexibility index (Phi) is 15.5. The highest BCUT2D eigenvalue weighted by Crippen LogP contribution is 2.30. The fraction of sp³-hybridized carbons (Fsp3) is 0.417. The fourth-order valence-electron chi connectivity index (χ4n) is 5.17. The molecule has 10 heteroatoms. The molecule has 1 saturated heterocycles. The molecule has 4 rings (SSSR count). The average molecular weight is 634 g/mol. The van der Waals surface area contributed by atoms with Gasteiger partial charge in [0.05, 0.1) is 32.5 Å². The molecule has 1 amide bonds. The van der Waals surface area contributed by atoms with Gasteiger partial charge < -0.3 is 33.7 Å². The van der Waals surface area contributed by atoms with Crippen LogP contribution in [-0.2, 0) is 23.7 Å². The highest BCUT2D eigenvalue weighted by Gasteiger charge is 2.26. The molecule has 248 valence electrons. The molecule has 1 aliphatic rings. The maximum atomic E-state index is 12.6. The maximum absolute atomic E-state index is 12.6. The average Bonchev–Trinajstić information content (AvgIpc) is 3.09. The first-order valence-corrected chi connectivity index (χ1v) is 15.7. The summed E-state index contributed by atoms with van der Waals surface area (Å²) in [6, 6.07) is 27.1. The van der Waals surface area contributed by atoms with Crippen LogP contribution in [-0.4, -0.2) is 109 Å². The summed E-state index contributed by atoms with van der Waals surface area (Å²) in [6.07, 6.45) is 3.28. The Bertz CT molecular complexity index is 1260. The van der Waals surface area contributed by atoms with E-state index in [1.807, 2.05) is 6.07 Å². The monoisotopic (exact) mass is 633 g/mol. The van der Waals surface area contributed by atoms with E-state index in [9.17, 15) is 4.79 Å². The van der Waals surface area contributed by atoms with Gasteiger partial charge in [-0.25, -0.2) is 0 Å². The van der Waals surface area contributed by atoms with Gasteiger partial charge in [0.25, 0.3) is 0 Å². The lowest BCUT2D eigenvalue weighted by molar-refractivity contribution is -0.116. The molecule has 0 spiro atoms. The molecule has 10 nitrogen and oxygen atoms in total. The van der Waals surface area contributed by atoms with Crippen LogP contribution in [0.25, 0.3) is 6.08 Å². The van der Waals surface area contributed by atoms with Crippen molar-refractivity contribution < 1.29 is 33.2 Å². The number of rotatable bonds is 20. The van der Waals surface area contributed by atoms with Crippen LogP contribution >= 0.6 is 0 Å². The zero-order chi connectivity index (χ0) is 32.2. The summed E-state index contributed by atoms with van der Waals surface area (Å²) in [4.78, 5) is 17.6. The molecule has 46 heavy (non-hydrogen) atoms. The predicted molar refractivity (Wildman–Crippen MR) is 178 cm³/mol. The Morgan fingerprint density at radius 1 is 0.761 bits per heavy atom. The zero-order valence-electron chi connectivity index (χ0n) is 27.0. The smallest absolute Gasteiger partial charge is 0.244 e. The van der Waals surface area contributed by atoms with Crippen molar-refractivity contribution in [2.24, 2.45) is 0 Å². The third-order valence-corrected chi connectivity index (χ3v) is 7.58. The summed E-state index contributed by atoms with van der Waals surface area (Å²) in [5, 5.41) is 3.01. The van der Waals surface area contributed by atoms with E-state index in [4.69, 9.17) is 28.4 Å². The van der Waals surface area contributed by atoms with Crippen molar-refractivity contribution in [2.45, 2.75) is 6.04 Å². The highest BCUT2D eigenvalue weighted by molar-refractivity contribution is 5.91. The maximum Gasteiger partial charge on any atom is 0.244 e. The predicted octanol–water partition coefficient (Wildman–Crippen LogP) is 4.22. The van der Waals surface area contributed by atoms with Gasteiger partial charge in [-0.1, -0.05) is 66.7 Å². The van der Waals surface area contributed by atoms with Gasteiger partial charge in [-0.05, 0) is 34.9 Å². The van der Waals surface area contributed by atoms with E-state index in [-0.39, 0.29) is 25.5 Å². The van der Waals surface area contributed by atoms with Crippen LogP contribution in [0.2, 0.25) is 0 Å². The van der Waals surface area contributed by atoms with E-state index < -0.39 is 0 Å². The lowest BCUT2D eigenvalue weighted by atomic mass is 9.96. The Labute approximate surface area is 272 Å². The van der Waals surface area contributed by atoms with Crippen LogP contribution in [0.1, 0.15) is 22.7 Å². The second kappa shape index (κ2) is 20.4. The Morgan fingerprint density at radius 2 is 1.35 bits per heavy atom. The molecule has 0 bridgehead atoms. The summed E-state index contributed by atoms with van der Waals surface area (Å²) < 4.78 is 32.3. The van der Waals surface area contributed by atoms with Crippen LogP contribution in [0.4, 0.5) is 0 Å². The minimum absolute atomic E-state index is 0.0331. The number of piperazine rings is 1. The van der Waals surface area contributed by atoms with Crippen molar-refractivity contribution in [3.05, 3.63) is 102 Å². The molecule has 3 aromatic carbocycles. The van der Waals surface area contributed by atoms with Gasteiger partial charge in [0.15, 0.2) is 25.1 Å². The Morgan fingerprint density at radius 3 is 1.93 bits per heavy atom. The number of hydrogen-bond donors (Lipinski definition) is 1. The van der Waals surface area contributed by atoms with E-state index >= 15 is 0 Å². The minimum Gasteiger partial charge on any atom is -0.464 e. The Balaban J connectivity index is 1.23. The van der Waals surface area contributed by atoms with Crippen molar-refractivity contribution >= 4 is 12.0 Å². The number of carbonyl (C=O) groups excluding carboxylic acids is 1. The molecule has 3 aromatic rings. The molecule has 1 heterocycles. The number of nitrogens with zero attached hydrogens (tertiary/aromatic N) is 2. The van der Waals surface area contributed by atoms with E-state index in [2.05, 4.69) is 75.8 Å². The van der Waals surface area contributed by atoms with Gasteiger partial charge in [0, 0.05) is 59.6 Å². The molecule has 0 unspecified atom stereocenters. The van der Waals surface area contributed by atoms with Crippen molar-refractivity contribution in [1.29, 1.82) is 0 Å². The first-order valence-electron chi connectivity index (χ1n) is 15.7. The number of hydrogen-bond acceptors (Lipinski definition) is 9. The van der Waals surface area contributed by atoms with Crippen molar-refractivity contribution in [2.75, 3.05) is 93.5 Å². The van der Waals surface area contributed by atoms with Gasteiger partial charge in [-0.3, -0.25) is 14.6 Å². The molecule has 1 fully saturated rings. The van der Waals surface area contributed by atoms with Crippen molar-refractivity contribution in [3.63, 3.8) is 0 Å². The van der Waals surface area contributed by atoms with Crippen LogP contribution in [0, 0.1) is 0 Å². The molecule has 0 atom stereocenters. The molecule has 0 aliphatic carbocycles. The quantitative estimate of drug-likeness (QED) is 0.112. The number of methoxy groups -OCH3 is 2. The second-order valence-electron chi connectivity index (χ2n) is 10.8. The number of amides is 1. The van der Waals surface area contributed by atoms with Gasteiger partial charge in [0.1, 0.15) is 0 Å². The number of carbonyl (C=O) groups is 1. The zero-order valence-corrected chi connectivity index (χ0v) is 27.0. The van der Waals surface area contributed by atoms with Gasteiger partial charge in [-0.15, -0.1) is 0 Å². The number of benzene rings is 3. The first-order chi connectivity index (χ1) is 22.7. The molecular weight excluding hydrogens is 586 g/mol. The second-order valence-corrected chi connectivity index (χ2v) is 10.8. The highest BCUT2D eigenvalue weighted by atomic mass is 16.7. The molecule has 0 radical (unpaired) electrons. The third-order valence-electron chi connectivity index (χ3n) is 7.58. The van der Waals surface area contributed by atoms with Crippen LogP contribution < -0.4 is 14.8 Å². The van der Waals surface area contributed by atoms with Crippen LogP contribution in [0.5, 0.6) is 11.5 Å². The summed E-state index contributed by atoms with van der Waals surface area (Å²) in [5.41, 5.74) is 3.41. The van der Waals surface area contributed by atoms with Crippen molar-refractivity contribution in [3.8, 4) is 11.5 Å². The lowest BCUT2D eigenvalue weighted by Crippen LogP contribution is -2.49. The van der Waals surface area contributed by atoms with E-state index in [0.717, 1.165) is 38.3 Å². The van der Waals surface area contributed by atoms with Crippen molar-refractivity contribution in [1.82, 2.24) is 15.1 Å². The third kappa shape index (κ3) is 11.9. The number of nitrogens with one attached hydrogen (secondary N) is 1. The molecule has 0 aromatic heterocycles. The lowest BCUT2D eigenvalue weighted by Gasteiger charge is -2.39. The fourth-order valence-corrected chi connectivity index (χ4v) is 5.17. The summed E-state index contributed by atoms with van der Waals surface area (Å²) in [5.74, 6) is 0.841. The summed E-state index contributed by atoms with van der Waals surface area (Å²) >= 11 is 0. The summed E-state index contributed by atoms with van der Waals surface area (Å²) in [7, 11) is 3.23.